The number of hydrogen-bond acceptors (Lipinski definition) is 4. The molecule has 1 aromatic heterocycles. The molecule has 0 saturated carbocycles. The van der Waals surface area contributed by atoms with Crippen LogP contribution in [0.25, 0.3) is 0 Å². The summed E-state index contributed by atoms with van der Waals surface area (Å²) in [6.45, 7) is 2.03. The average molecular weight is 329 g/mol. The van der Waals surface area contributed by atoms with Crippen LogP contribution in [0, 0.1) is 5.92 Å². The topological polar surface area (TPSA) is 65.4 Å². The molecule has 0 spiro atoms. The summed E-state index contributed by atoms with van der Waals surface area (Å²) in [6, 6.07) is 7.78. The van der Waals surface area contributed by atoms with Crippen molar-refractivity contribution in [1.82, 2.24) is 15.1 Å². The summed E-state index contributed by atoms with van der Waals surface area (Å²) in [5.41, 5.74) is 1.17. The highest BCUT2D eigenvalue weighted by Crippen LogP contribution is 2.30. The minimum Gasteiger partial charge on any atom is -0.497 e. The molecule has 0 fully saturated rings. The zero-order chi connectivity index (χ0) is 16.8. The lowest BCUT2D eigenvalue weighted by atomic mass is 9.96. The minimum atomic E-state index is 0.0858. The molecular formula is C18H23N3O3. The third kappa shape index (κ3) is 4.28. The molecule has 1 amide bonds. The van der Waals surface area contributed by atoms with Crippen LogP contribution in [0.3, 0.4) is 0 Å². The number of nitrogens with zero attached hydrogens (tertiary/aromatic N) is 2. The summed E-state index contributed by atoms with van der Waals surface area (Å²) in [4.78, 5) is 11.9. The number of methoxy groups -OCH3 is 1. The van der Waals surface area contributed by atoms with Crippen LogP contribution in [0.1, 0.15) is 18.4 Å². The van der Waals surface area contributed by atoms with Gasteiger partial charge in [-0.15, -0.1) is 0 Å². The van der Waals surface area contributed by atoms with Gasteiger partial charge in [0.15, 0.2) is 0 Å². The van der Waals surface area contributed by atoms with Gasteiger partial charge in [0.25, 0.3) is 0 Å². The fraction of sp³-hybridized carbons (Fsp3) is 0.444. The Balaban J connectivity index is 1.39. The van der Waals surface area contributed by atoms with Crippen molar-refractivity contribution in [3.63, 3.8) is 0 Å². The van der Waals surface area contributed by atoms with Gasteiger partial charge in [-0.25, -0.2) is 0 Å². The third-order valence-corrected chi connectivity index (χ3v) is 4.20. The van der Waals surface area contributed by atoms with Crippen molar-refractivity contribution >= 4 is 5.91 Å². The smallest absolute Gasteiger partial charge is 0.220 e. The average Bonchev–Trinajstić information content (AvgIpc) is 3.12. The van der Waals surface area contributed by atoms with Crippen LogP contribution in [0.4, 0.5) is 0 Å². The van der Waals surface area contributed by atoms with Crippen molar-refractivity contribution in [2.45, 2.75) is 25.8 Å². The van der Waals surface area contributed by atoms with E-state index in [1.165, 1.54) is 5.56 Å². The van der Waals surface area contributed by atoms with Gasteiger partial charge in [-0.2, -0.15) is 5.10 Å². The second kappa shape index (κ2) is 7.86. The van der Waals surface area contributed by atoms with E-state index in [0.717, 1.165) is 30.9 Å². The van der Waals surface area contributed by atoms with Crippen LogP contribution >= 0.6 is 0 Å². The number of aromatic nitrogens is 2. The second-order valence-corrected chi connectivity index (χ2v) is 6.03. The molecule has 1 aliphatic rings. The molecular weight excluding hydrogens is 306 g/mol. The van der Waals surface area contributed by atoms with Gasteiger partial charge < -0.3 is 14.8 Å². The van der Waals surface area contributed by atoms with Crippen molar-refractivity contribution in [3.8, 4) is 11.5 Å². The predicted molar refractivity (Wildman–Crippen MR) is 90.2 cm³/mol. The zero-order valence-corrected chi connectivity index (χ0v) is 13.9. The fourth-order valence-electron chi connectivity index (χ4n) is 2.85. The van der Waals surface area contributed by atoms with Gasteiger partial charge >= 0.3 is 0 Å². The monoisotopic (exact) mass is 329 g/mol. The number of ether oxygens (including phenoxy) is 2. The van der Waals surface area contributed by atoms with E-state index in [4.69, 9.17) is 9.47 Å². The van der Waals surface area contributed by atoms with E-state index < -0.39 is 0 Å². The Bertz CT molecular complexity index is 670. The van der Waals surface area contributed by atoms with Gasteiger partial charge in [0.1, 0.15) is 11.5 Å². The number of benzene rings is 1. The lowest BCUT2D eigenvalue weighted by Gasteiger charge is -2.25. The number of hydrogen-bond donors (Lipinski definition) is 1. The molecule has 2 heterocycles. The zero-order valence-electron chi connectivity index (χ0n) is 13.9. The Kier molecular flexibility index (Phi) is 5.36. The predicted octanol–water partition coefficient (Wildman–Crippen LogP) is 2.04. The molecule has 1 atom stereocenters. The van der Waals surface area contributed by atoms with E-state index in [0.29, 0.717) is 25.5 Å². The number of amides is 1. The van der Waals surface area contributed by atoms with Crippen molar-refractivity contribution in [2.75, 3.05) is 20.3 Å². The molecule has 0 aliphatic carbocycles. The number of carbonyl (C=O) groups excluding carboxylic acids is 1. The SMILES string of the molecule is COc1ccc2c(c1)OCC(CNC(=O)CCCn1cccn1)C2. The molecule has 2 aromatic rings. The Morgan fingerprint density at radius 1 is 1.50 bits per heavy atom. The first-order chi connectivity index (χ1) is 11.7. The third-order valence-electron chi connectivity index (χ3n) is 4.20. The summed E-state index contributed by atoms with van der Waals surface area (Å²) >= 11 is 0. The second-order valence-electron chi connectivity index (χ2n) is 6.03. The van der Waals surface area contributed by atoms with E-state index in [-0.39, 0.29) is 5.91 Å². The van der Waals surface area contributed by atoms with Crippen LogP contribution < -0.4 is 14.8 Å². The minimum absolute atomic E-state index is 0.0858. The molecule has 1 N–H and O–H groups in total. The summed E-state index contributed by atoms with van der Waals surface area (Å²) in [5.74, 6) is 2.08. The van der Waals surface area contributed by atoms with Crippen molar-refractivity contribution < 1.29 is 14.3 Å². The molecule has 0 radical (unpaired) electrons. The first kappa shape index (κ1) is 16.4. The van der Waals surface area contributed by atoms with Gasteiger partial charge in [-0.3, -0.25) is 9.48 Å². The first-order valence-corrected chi connectivity index (χ1v) is 8.28. The molecule has 128 valence electrons. The largest absolute Gasteiger partial charge is 0.497 e. The lowest BCUT2D eigenvalue weighted by Crippen LogP contribution is -2.34. The molecule has 6 nitrogen and oxygen atoms in total. The van der Waals surface area contributed by atoms with Crippen LogP contribution in [0.15, 0.2) is 36.7 Å². The summed E-state index contributed by atoms with van der Waals surface area (Å²) in [6.07, 6.45) is 5.87. The molecule has 6 heteroatoms. The fourth-order valence-corrected chi connectivity index (χ4v) is 2.85. The summed E-state index contributed by atoms with van der Waals surface area (Å²) in [7, 11) is 1.65. The molecule has 3 rings (SSSR count). The maximum Gasteiger partial charge on any atom is 0.220 e. The summed E-state index contributed by atoms with van der Waals surface area (Å²) < 4.78 is 12.8. The Labute approximate surface area is 141 Å². The number of rotatable bonds is 7. The van der Waals surface area contributed by atoms with Gasteiger partial charge in [0.05, 0.1) is 13.7 Å². The molecule has 1 unspecified atom stereocenters. The number of carbonyl (C=O) groups is 1. The molecule has 1 aromatic carbocycles. The van der Waals surface area contributed by atoms with Gasteiger partial charge in [0, 0.05) is 43.9 Å². The molecule has 24 heavy (non-hydrogen) atoms. The van der Waals surface area contributed by atoms with Crippen molar-refractivity contribution in [2.24, 2.45) is 5.92 Å². The van der Waals surface area contributed by atoms with Gasteiger partial charge in [0.2, 0.25) is 5.91 Å². The number of nitrogens with one attached hydrogen (secondary N) is 1. The van der Waals surface area contributed by atoms with Gasteiger partial charge in [-0.05, 0) is 30.5 Å². The van der Waals surface area contributed by atoms with Gasteiger partial charge in [-0.1, -0.05) is 6.07 Å². The Morgan fingerprint density at radius 2 is 2.42 bits per heavy atom. The van der Waals surface area contributed by atoms with Crippen molar-refractivity contribution in [3.05, 3.63) is 42.2 Å². The highest BCUT2D eigenvalue weighted by atomic mass is 16.5. The maximum absolute atomic E-state index is 11.9. The quantitative estimate of drug-likeness (QED) is 0.844. The van der Waals surface area contributed by atoms with Crippen LogP contribution in [-0.2, 0) is 17.8 Å². The van der Waals surface area contributed by atoms with E-state index in [1.807, 2.05) is 35.1 Å². The Morgan fingerprint density at radius 3 is 3.21 bits per heavy atom. The molecule has 1 aliphatic heterocycles. The van der Waals surface area contributed by atoms with E-state index >= 15 is 0 Å². The molecule has 0 saturated heterocycles. The highest BCUT2D eigenvalue weighted by molar-refractivity contribution is 5.75. The van der Waals surface area contributed by atoms with Crippen LogP contribution in [0.5, 0.6) is 11.5 Å². The van der Waals surface area contributed by atoms with Crippen LogP contribution in [-0.4, -0.2) is 35.9 Å². The van der Waals surface area contributed by atoms with Crippen molar-refractivity contribution in [1.29, 1.82) is 0 Å². The summed E-state index contributed by atoms with van der Waals surface area (Å²) in [5, 5.41) is 7.14. The van der Waals surface area contributed by atoms with E-state index in [1.54, 1.807) is 13.3 Å². The van der Waals surface area contributed by atoms with Crippen LogP contribution in [0.2, 0.25) is 0 Å². The Hall–Kier alpha value is -2.50. The number of fused-ring (bicyclic) bond motifs is 1. The lowest BCUT2D eigenvalue weighted by molar-refractivity contribution is -0.121. The van der Waals surface area contributed by atoms with E-state index in [9.17, 15) is 4.79 Å². The first-order valence-electron chi connectivity index (χ1n) is 8.28. The highest BCUT2D eigenvalue weighted by Gasteiger charge is 2.20. The normalized spacial score (nSPS) is 16.1. The molecule has 0 bridgehead atoms. The standard InChI is InChI=1S/C18H23N3O3/c1-23-16-6-5-15-10-14(13-24-17(15)11-16)12-19-18(22)4-2-8-21-9-3-7-20-21/h3,5-7,9,11,14H,2,4,8,10,12-13H2,1H3,(H,19,22). The van der Waals surface area contributed by atoms with E-state index in [2.05, 4.69) is 10.4 Å². The maximum atomic E-state index is 11.9. The number of aryl methyl sites for hydroxylation is 1.